The van der Waals surface area contributed by atoms with Gasteiger partial charge >= 0.3 is 0 Å². The van der Waals surface area contributed by atoms with Crippen LogP contribution in [-0.2, 0) is 5.41 Å². The topological polar surface area (TPSA) is 49.7 Å². The molecular formula is C11H13BrO3. The van der Waals surface area contributed by atoms with E-state index in [0.29, 0.717) is 5.75 Å². The van der Waals surface area contributed by atoms with Crippen molar-refractivity contribution in [3.05, 3.63) is 22.2 Å². The molecule has 4 heteroatoms. The molecule has 0 amide bonds. The molecule has 0 aliphatic heterocycles. The SMILES string of the molecule is COc1cc(Br)cc(C2(CO)CC2)c1O. The fourth-order valence-corrected chi connectivity index (χ4v) is 2.23. The minimum atomic E-state index is -0.249. The van der Waals surface area contributed by atoms with Gasteiger partial charge in [0.25, 0.3) is 0 Å². The molecule has 0 heterocycles. The van der Waals surface area contributed by atoms with Gasteiger partial charge in [0.1, 0.15) is 0 Å². The number of halogens is 1. The Hall–Kier alpha value is -0.740. The molecule has 0 unspecified atom stereocenters. The van der Waals surface area contributed by atoms with Gasteiger partial charge in [-0.25, -0.2) is 0 Å². The van der Waals surface area contributed by atoms with Gasteiger partial charge in [-0.1, -0.05) is 15.9 Å². The Bertz CT molecular complexity index is 386. The van der Waals surface area contributed by atoms with Gasteiger partial charge in [-0.3, -0.25) is 0 Å². The van der Waals surface area contributed by atoms with Crippen molar-refractivity contribution in [3.8, 4) is 11.5 Å². The summed E-state index contributed by atoms with van der Waals surface area (Å²) in [5.41, 5.74) is 0.525. The maximum absolute atomic E-state index is 9.96. The Morgan fingerprint density at radius 1 is 1.47 bits per heavy atom. The van der Waals surface area contributed by atoms with Crippen LogP contribution in [0.1, 0.15) is 18.4 Å². The third kappa shape index (κ3) is 1.72. The number of benzene rings is 1. The molecule has 0 radical (unpaired) electrons. The van der Waals surface area contributed by atoms with Crippen LogP contribution in [0.3, 0.4) is 0 Å². The fourth-order valence-electron chi connectivity index (χ4n) is 1.80. The second-order valence-corrected chi connectivity index (χ2v) is 4.86. The highest BCUT2D eigenvalue weighted by Crippen LogP contribution is 2.53. The predicted molar refractivity (Wildman–Crippen MR) is 60.4 cm³/mol. The Kier molecular flexibility index (Phi) is 2.64. The first-order valence-corrected chi connectivity index (χ1v) is 5.60. The van der Waals surface area contributed by atoms with Crippen LogP contribution >= 0.6 is 15.9 Å². The average molecular weight is 273 g/mol. The van der Waals surface area contributed by atoms with Crippen LogP contribution in [0.5, 0.6) is 11.5 Å². The smallest absolute Gasteiger partial charge is 0.161 e. The van der Waals surface area contributed by atoms with Crippen LogP contribution in [0.2, 0.25) is 0 Å². The highest BCUT2D eigenvalue weighted by Gasteiger charge is 2.46. The van der Waals surface area contributed by atoms with E-state index in [-0.39, 0.29) is 17.8 Å². The van der Waals surface area contributed by atoms with E-state index in [1.54, 1.807) is 6.07 Å². The highest BCUT2D eigenvalue weighted by atomic mass is 79.9. The molecule has 0 atom stereocenters. The maximum atomic E-state index is 9.96. The molecule has 15 heavy (non-hydrogen) atoms. The van der Waals surface area contributed by atoms with Crippen molar-refractivity contribution in [2.75, 3.05) is 13.7 Å². The number of phenolic OH excluding ortho intramolecular Hbond substituents is 1. The number of hydrogen-bond acceptors (Lipinski definition) is 3. The van der Waals surface area contributed by atoms with Crippen molar-refractivity contribution < 1.29 is 14.9 Å². The number of phenols is 1. The van der Waals surface area contributed by atoms with E-state index in [1.807, 2.05) is 6.07 Å². The lowest BCUT2D eigenvalue weighted by Crippen LogP contribution is -2.12. The van der Waals surface area contributed by atoms with Crippen LogP contribution < -0.4 is 4.74 Å². The fraction of sp³-hybridized carbons (Fsp3) is 0.455. The monoisotopic (exact) mass is 272 g/mol. The zero-order chi connectivity index (χ0) is 11.1. The zero-order valence-electron chi connectivity index (χ0n) is 8.46. The molecule has 1 aromatic carbocycles. The number of ether oxygens (including phenoxy) is 1. The largest absolute Gasteiger partial charge is 0.504 e. The van der Waals surface area contributed by atoms with Gasteiger partial charge in [-0.05, 0) is 25.0 Å². The van der Waals surface area contributed by atoms with E-state index in [2.05, 4.69) is 15.9 Å². The highest BCUT2D eigenvalue weighted by molar-refractivity contribution is 9.10. The van der Waals surface area contributed by atoms with Gasteiger partial charge in [0.2, 0.25) is 0 Å². The molecule has 1 aliphatic carbocycles. The van der Waals surface area contributed by atoms with Crippen LogP contribution in [0.4, 0.5) is 0 Å². The molecule has 1 saturated carbocycles. The molecule has 0 saturated heterocycles. The van der Waals surface area contributed by atoms with Crippen molar-refractivity contribution in [2.24, 2.45) is 0 Å². The van der Waals surface area contributed by atoms with Crippen molar-refractivity contribution >= 4 is 15.9 Å². The predicted octanol–water partition coefficient (Wildman–Crippen LogP) is 2.19. The summed E-state index contributed by atoms with van der Waals surface area (Å²) in [6.45, 7) is 0.0696. The molecule has 1 aromatic rings. The number of aliphatic hydroxyl groups is 1. The molecular weight excluding hydrogens is 260 g/mol. The summed E-state index contributed by atoms with van der Waals surface area (Å²) in [5, 5.41) is 19.3. The van der Waals surface area contributed by atoms with E-state index in [1.165, 1.54) is 7.11 Å². The molecule has 82 valence electrons. The molecule has 0 aromatic heterocycles. The minimum absolute atomic E-state index is 0.0696. The second kappa shape index (κ2) is 3.68. The van der Waals surface area contributed by atoms with Gasteiger partial charge in [-0.15, -0.1) is 0 Å². The average Bonchev–Trinajstić information content (AvgIpc) is 3.01. The first-order valence-electron chi connectivity index (χ1n) is 4.81. The second-order valence-electron chi connectivity index (χ2n) is 3.94. The van der Waals surface area contributed by atoms with E-state index in [0.717, 1.165) is 22.9 Å². The number of hydrogen-bond donors (Lipinski definition) is 2. The van der Waals surface area contributed by atoms with Crippen molar-refractivity contribution in [1.82, 2.24) is 0 Å². The normalized spacial score (nSPS) is 17.5. The van der Waals surface area contributed by atoms with Gasteiger partial charge in [0, 0.05) is 15.5 Å². The Morgan fingerprint density at radius 2 is 2.13 bits per heavy atom. The lowest BCUT2D eigenvalue weighted by molar-refractivity contribution is 0.251. The van der Waals surface area contributed by atoms with E-state index < -0.39 is 0 Å². The van der Waals surface area contributed by atoms with Crippen molar-refractivity contribution in [2.45, 2.75) is 18.3 Å². The molecule has 0 bridgehead atoms. The van der Waals surface area contributed by atoms with Crippen LogP contribution in [0, 0.1) is 0 Å². The summed E-state index contributed by atoms with van der Waals surface area (Å²) in [5.74, 6) is 0.589. The molecule has 2 rings (SSSR count). The van der Waals surface area contributed by atoms with Gasteiger partial charge in [0.05, 0.1) is 13.7 Å². The third-order valence-corrected chi connectivity index (χ3v) is 3.45. The zero-order valence-corrected chi connectivity index (χ0v) is 10.0. The lowest BCUT2D eigenvalue weighted by Gasteiger charge is -2.16. The molecule has 0 spiro atoms. The van der Waals surface area contributed by atoms with Crippen LogP contribution in [-0.4, -0.2) is 23.9 Å². The molecule has 1 fully saturated rings. The van der Waals surface area contributed by atoms with Crippen LogP contribution in [0.15, 0.2) is 16.6 Å². The van der Waals surface area contributed by atoms with Gasteiger partial charge in [-0.2, -0.15) is 0 Å². The number of methoxy groups -OCH3 is 1. The van der Waals surface area contributed by atoms with E-state index in [4.69, 9.17) is 4.74 Å². The molecule has 1 aliphatic rings. The quantitative estimate of drug-likeness (QED) is 0.887. The summed E-state index contributed by atoms with van der Waals surface area (Å²) in [6.07, 6.45) is 1.83. The number of aliphatic hydroxyl groups excluding tert-OH is 1. The van der Waals surface area contributed by atoms with Crippen molar-refractivity contribution in [3.63, 3.8) is 0 Å². The molecule has 3 nitrogen and oxygen atoms in total. The summed E-state index contributed by atoms with van der Waals surface area (Å²) in [4.78, 5) is 0. The van der Waals surface area contributed by atoms with Gasteiger partial charge < -0.3 is 14.9 Å². The number of rotatable bonds is 3. The van der Waals surface area contributed by atoms with Crippen LogP contribution in [0.25, 0.3) is 0 Å². The Balaban J connectivity index is 2.51. The van der Waals surface area contributed by atoms with E-state index >= 15 is 0 Å². The Morgan fingerprint density at radius 3 is 2.60 bits per heavy atom. The first kappa shape index (κ1) is 10.8. The maximum Gasteiger partial charge on any atom is 0.161 e. The first-order chi connectivity index (χ1) is 7.13. The Labute approximate surface area is 96.8 Å². The minimum Gasteiger partial charge on any atom is -0.504 e. The van der Waals surface area contributed by atoms with E-state index in [9.17, 15) is 10.2 Å². The number of aromatic hydroxyl groups is 1. The summed E-state index contributed by atoms with van der Waals surface area (Å²) in [6, 6.07) is 3.56. The summed E-state index contributed by atoms with van der Waals surface area (Å²) < 4.78 is 5.93. The van der Waals surface area contributed by atoms with Gasteiger partial charge in [0.15, 0.2) is 11.5 Å². The summed E-state index contributed by atoms with van der Waals surface area (Å²) in [7, 11) is 1.52. The molecule has 2 N–H and O–H groups in total. The van der Waals surface area contributed by atoms with Crippen molar-refractivity contribution in [1.29, 1.82) is 0 Å². The standard InChI is InChI=1S/C11H13BrO3/c1-15-9-5-7(12)4-8(10(9)14)11(6-13)2-3-11/h4-5,13-14H,2-3,6H2,1H3. The summed E-state index contributed by atoms with van der Waals surface area (Å²) >= 11 is 3.36. The third-order valence-electron chi connectivity index (χ3n) is 2.99. The lowest BCUT2D eigenvalue weighted by atomic mass is 9.95.